The molecule has 1 aromatic heterocycles. The maximum absolute atomic E-state index is 12.8. The minimum Gasteiger partial charge on any atom is -0.338 e. The van der Waals surface area contributed by atoms with Gasteiger partial charge in [-0.15, -0.1) is 11.3 Å². The summed E-state index contributed by atoms with van der Waals surface area (Å²) in [4.78, 5) is 20.2. The van der Waals surface area contributed by atoms with E-state index >= 15 is 0 Å². The number of hydrogen-bond acceptors (Lipinski definition) is 3. The van der Waals surface area contributed by atoms with Gasteiger partial charge in [-0.2, -0.15) is 0 Å². The third-order valence-electron chi connectivity index (χ3n) is 4.34. The van der Waals surface area contributed by atoms with Crippen LogP contribution < -0.4 is 0 Å². The second-order valence-corrected chi connectivity index (χ2v) is 8.57. The maximum atomic E-state index is 12.8. The molecule has 22 heavy (non-hydrogen) atoms. The molecule has 1 aliphatic carbocycles. The molecule has 0 saturated heterocycles. The number of amides is 1. The highest BCUT2D eigenvalue weighted by atomic mass is 32.1. The van der Waals surface area contributed by atoms with Crippen molar-refractivity contribution in [2.24, 2.45) is 5.92 Å². The van der Waals surface area contributed by atoms with E-state index in [4.69, 9.17) is 0 Å². The van der Waals surface area contributed by atoms with E-state index < -0.39 is 0 Å². The molecule has 1 fully saturated rings. The van der Waals surface area contributed by atoms with Crippen LogP contribution in [0.3, 0.4) is 0 Å². The van der Waals surface area contributed by atoms with E-state index in [1.807, 2.05) is 0 Å². The zero-order chi connectivity index (χ0) is 16.2. The third kappa shape index (κ3) is 4.55. The molecular formula is C18H30N2OS. The Kier molecular flexibility index (Phi) is 6.01. The highest BCUT2D eigenvalue weighted by molar-refractivity contribution is 7.13. The number of rotatable bonds is 5. The van der Waals surface area contributed by atoms with Crippen LogP contribution in [0.4, 0.5) is 0 Å². The van der Waals surface area contributed by atoms with Gasteiger partial charge in [0.1, 0.15) is 4.88 Å². The largest absolute Gasteiger partial charge is 0.338 e. The first-order valence-corrected chi connectivity index (χ1v) is 9.49. The second kappa shape index (κ2) is 7.58. The van der Waals surface area contributed by atoms with Crippen molar-refractivity contribution in [2.45, 2.75) is 71.6 Å². The van der Waals surface area contributed by atoms with E-state index in [0.717, 1.165) is 29.4 Å². The Hall–Kier alpha value is -0.900. The van der Waals surface area contributed by atoms with Gasteiger partial charge < -0.3 is 4.90 Å². The van der Waals surface area contributed by atoms with Crippen LogP contribution in [0, 0.1) is 5.92 Å². The van der Waals surface area contributed by atoms with Crippen molar-refractivity contribution in [3.05, 3.63) is 16.1 Å². The van der Waals surface area contributed by atoms with Crippen LogP contribution in [0.1, 0.15) is 80.9 Å². The molecule has 0 radical (unpaired) electrons. The normalized spacial score (nSPS) is 16.7. The first kappa shape index (κ1) is 17.5. The first-order chi connectivity index (χ1) is 10.4. The van der Waals surface area contributed by atoms with Crippen LogP contribution in [-0.2, 0) is 5.41 Å². The van der Waals surface area contributed by atoms with Crippen molar-refractivity contribution in [3.63, 3.8) is 0 Å². The van der Waals surface area contributed by atoms with Crippen molar-refractivity contribution < 1.29 is 4.79 Å². The smallest absolute Gasteiger partial charge is 0.265 e. The van der Waals surface area contributed by atoms with Crippen LogP contribution in [0.15, 0.2) is 6.20 Å². The van der Waals surface area contributed by atoms with Gasteiger partial charge in [0.25, 0.3) is 5.91 Å². The molecule has 0 aliphatic heterocycles. The van der Waals surface area contributed by atoms with Crippen molar-refractivity contribution in [3.8, 4) is 0 Å². The van der Waals surface area contributed by atoms with E-state index in [1.165, 1.54) is 32.1 Å². The quantitative estimate of drug-likeness (QED) is 0.774. The Bertz CT molecular complexity index is 484. The fourth-order valence-electron chi connectivity index (χ4n) is 3.10. The molecule has 124 valence electrons. The fraction of sp³-hybridized carbons (Fsp3) is 0.778. The van der Waals surface area contributed by atoms with E-state index in [1.54, 1.807) is 17.5 Å². The van der Waals surface area contributed by atoms with Crippen molar-refractivity contribution in [1.29, 1.82) is 0 Å². The molecule has 1 heterocycles. The average Bonchev–Trinajstić information content (AvgIpc) is 2.97. The number of nitrogens with zero attached hydrogens (tertiary/aromatic N) is 2. The van der Waals surface area contributed by atoms with E-state index in [-0.39, 0.29) is 11.3 Å². The molecule has 0 N–H and O–H groups in total. The van der Waals surface area contributed by atoms with Gasteiger partial charge in [0.15, 0.2) is 0 Å². The molecule has 3 nitrogen and oxygen atoms in total. The Labute approximate surface area is 139 Å². The Morgan fingerprint density at radius 3 is 2.55 bits per heavy atom. The number of carbonyl (C=O) groups is 1. The van der Waals surface area contributed by atoms with Crippen LogP contribution >= 0.6 is 11.3 Å². The summed E-state index contributed by atoms with van der Waals surface area (Å²) in [7, 11) is 0. The number of aromatic nitrogens is 1. The highest BCUT2D eigenvalue weighted by Gasteiger charge is 2.25. The van der Waals surface area contributed by atoms with Crippen LogP contribution in [-0.4, -0.2) is 28.9 Å². The molecule has 0 atom stereocenters. The summed E-state index contributed by atoms with van der Waals surface area (Å²) in [6.45, 7) is 10.4. The number of carbonyl (C=O) groups excluding carboxylic acids is 1. The van der Waals surface area contributed by atoms with Gasteiger partial charge in [0, 0.05) is 18.5 Å². The number of thiazole rings is 1. The summed E-state index contributed by atoms with van der Waals surface area (Å²) in [6, 6.07) is 0. The molecule has 1 saturated carbocycles. The summed E-state index contributed by atoms with van der Waals surface area (Å²) in [5.74, 6) is 0.875. The molecule has 0 spiro atoms. The first-order valence-electron chi connectivity index (χ1n) is 8.67. The standard InChI is InChI=1S/C18H30N2OS/c1-5-11-20(13-14-9-7-6-8-10-14)16(21)15-12-19-17(22-15)18(2,3)4/h12,14H,5-11,13H2,1-4H3. The second-order valence-electron chi connectivity index (χ2n) is 7.53. The Balaban J connectivity index is 2.06. The van der Waals surface area contributed by atoms with Crippen molar-refractivity contribution in [1.82, 2.24) is 9.88 Å². The van der Waals surface area contributed by atoms with E-state index in [9.17, 15) is 4.79 Å². The molecule has 1 aliphatic rings. The summed E-state index contributed by atoms with van der Waals surface area (Å²) in [6.07, 6.45) is 9.37. The molecule has 4 heteroatoms. The van der Waals surface area contributed by atoms with Gasteiger partial charge >= 0.3 is 0 Å². The van der Waals surface area contributed by atoms with E-state index in [2.05, 4.69) is 37.6 Å². The molecule has 2 rings (SSSR count). The van der Waals surface area contributed by atoms with Gasteiger partial charge in [-0.3, -0.25) is 4.79 Å². The van der Waals surface area contributed by atoms with Crippen LogP contribution in [0.25, 0.3) is 0 Å². The third-order valence-corrected chi connectivity index (χ3v) is 5.75. The van der Waals surface area contributed by atoms with Crippen molar-refractivity contribution >= 4 is 17.2 Å². The lowest BCUT2D eigenvalue weighted by atomic mass is 9.89. The Morgan fingerprint density at radius 2 is 2.00 bits per heavy atom. The zero-order valence-corrected chi connectivity index (χ0v) is 15.3. The van der Waals surface area contributed by atoms with Crippen molar-refractivity contribution in [2.75, 3.05) is 13.1 Å². The lowest BCUT2D eigenvalue weighted by Gasteiger charge is -2.29. The number of hydrogen-bond donors (Lipinski definition) is 0. The average molecular weight is 323 g/mol. The van der Waals surface area contributed by atoms with Gasteiger partial charge in [-0.1, -0.05) is 47.0 Å². The molecule has 0 bridgehead atoms. The van der Waals surface area contributed by atoms with Gasteiger partial charge in [0.05, 0.1) is 11.2 Å². The summed E-state index contributed by atoms with van der Waals surface area (Å²) in [5, 5.41) is 1.05. The summed E-state index contributed by atoms with van der Waals surface area (Å²) < 4.78 is 0. The zero-order valence-electron chi connectivity index (χ0n) is 14.5. The predicted molar refractivity (Wildman–Crippen MR) is 93.6 cm³/mol. The van der Waals surface area contributed by atoms with Gasteiger partial charge in [-0.05, 0) is 25.2 Å². The minimum absolute atomic E-state index is 0.0160. The summed E-state index contributed by atoms with van der Waals surface area (Å²) >= 11 is 1.56. The SMILES string of the molecule is CCCN(CC1CCCCC1)C(=O)c1cnc(C(C)(C)C)s1. The van der Waals surface area contributed by atoms with Gasteiger partial charge in [-0.25, -0.2) is 4.98 Å². The lowest BCUT2D eigenvalue weighted by Crippen LogP contribution is -2.36. The Morgan fingerprint density at radius 1 is 1.32 bits per heavy atom. The maximum Gasteiger partial charge on any atom is 0.265 e. The highest BCUT2D eigenvalue weighted by Crippen LogP contribution is 2.29. The fourth-order valence-corrected chi connectivity index (χ4v) is 4.04. The molecule has 0 aromatic carbocycles. The summed E-state index contributed by atoms with van der Waals surface area (Å²) in [5.41, 5.74) is 0.0160. The van der Waals surface area contributed by atoms with E-state index in [0.29, 0.717) is 5.92 Å². The van der Waals surface area contributed by atoms with Crippen LogP contribution in [0.2, 0.25) is 0 Å². The molecular weight excluding hydrogens is 292 g/mol. The predicted octanol–water partition coefficient (Wildman–Crippen LogP) is 4.87. The monoisotopic (exact) mass is 322 g/mol. The van der Waals surface area contributed by atoms with Crippen LogP contribution in [0.5, 0.6) is 0 Å². The topological polar surface area (TPSA) is 33.2 Å². The lowest BCUT2D eigenvalue weighted by molar-refractivity contribution is 0.0718. The minimum atomic E-state index is 0.0160. The molecule has 1 aromatic rings. The molecule has 1 amide bonds. The van der Waals surface area contributed by atoms with Gasteiger partial charge in [0.2, 0.25) is 0 Å². The molecule has 0 unspecified atom stereocenters.